The molecule has 2 N–H and O–H groups in total. The zero-order chi connectivity index (χ0) is 105. The van der Waals surface area contributed by atoms with E-state index in [0.717, 1.165) is 61.8 Å². The Kier molecular flexibility index (Phi) is 125. The summed E-state index contributed by atoms with van der Waals surface area (Å²) in [4.78, 5) is 40.1. The fraction of sp³-hybridized carbons (Fsp3) is 0.356. The van der Waals surface area contributed by atoms with Crippen LogP contribution in [0.25, 0.3) is 64.0 Å². The number of thiophene rings is 2. The number of hydrogen-bond acceptors (Lipinski definition) is 14. The Morgan fingerprint density at radius 1 is 0.363 bits per heavy atom. The van der Waals surface area contributed by atoms with Crippen molar-refractivity contribution in [3.05, 3.63) is 379 Å². The van der Waals surface area contributed by atoms with Crippen LogP contribution in [0, 0.1) is 20.8 Å². The van der Waals surface area contributed by atoms with E-state index in [4.69, 9.17) is 14.0 Å². The van der Waals surface area contributed by atoms with Gasteiger partial charge in [-0.25, -0.2) is 14.8 Å². The highest BCUT2D eigenvalue weighted by Gasteiger charge is 2.10. The maximum Gasteiger partial charge on any atom is 0.326 e. The van der Waals surface area contributed by atoms with Gasteiger partial charge in [-0.1, -0.05) is 424 Å². The number of rotatable bonds is 1. The maximum atomic E-state index is 11.0. The molecule has 746 valence electrons. The van der Waals surface area contributed by atoms with Gasteiger partial charge in [-0.15, -0.1) is 22.7 Å². The molecule has 0 saturated heterocycles. The number of para-hydroxylation sites is 6. The van der Waals surface area contributed by atoms with Crippen LogP contribution in [0.15, 0.2) is 360 Å². The number of pyridine rings is 2. The molecule has 0 atom stereocenters. The average molecular weight is 1880 g/mol. The van der Waals surface area contributed by atoms with Gasteiger partial charge in [-0.3, -0.25) is 24.5 Å². The molecule has 135 heavy (non-hydrogen) atoms. The Morgan fingerprint density at radius 3 is 1.19 bits per heavy atom. The third-order valence-electron chi connectivity index (χ3n) is 14.0. The van der Waals surface area contributed by atoms with Crippen LogP contribution in [-0.4, -0.2) is 56.4 Å². The summed E-state index contributed by atoms with van der Waals surface area (Å²) in [6, 6.07) is 88.5. The van der Waals surface area contributed by atoms with Gasteiger partial charge in [0.2, 0.25) is 6.79 Å². The molecule has 11 heterocycles. The third kappa shape index (κ3) is 73.7. The van der Waals surface area contributed by atoms with E-state index >= 15 is 0 Å². The number of aryl methyl sites for hydroxylation is 5. The first-order valence-electron chi connectivity index (χ1n) is 49.4. The summed E-state index contributed by atoms with van der Waals surface area (Å²) in [5.74, 6) is 1.69. The lowest BCUT2D eigenvalue weighted by molar-refractivity contribution is 0.174. The van der Waals surface area contributed by atoms with Gasteiger partial charge in [0.05, 0.1) is 45.2 Å². The van der Waals surface area contributed by atoms with Crippen molar-refractivity contribution in [1.82, 2.24) is 49.6 Å². The zero-order valence-electron chi connectivity index (χ0n) is 91.0. The van der Waals surface area contributed by atoms with Crippen molar-refractivity contribution in [2.75, 3.05) is 6.79 Å². The summed E-state index contributed by atoms with van der Waals surface area (Å²) in [6.45, 7) is 76.6. The number of aromatic amines is 2. The number of imidazole rings is 1. The molecule has 0 radical (unpaired) electrons. The second-order valence-corrected chi connectivity index (χ2v) is 23.7. The standard InChI is InChI=1S/C10H8.C9H7N.C8H8N2O.C8H7N.C8H6S.C8H10.C7H6O2.C6H5NOS.C6H7N.C5H6N2.C4H4N2.C4H4O.C3H8.16C2H6/c1-2-6-10-8-4-3-7-9(10)5-1;1-2-6-9-8(4-1)5-3-7-10-9;1-10-7-5-3-2-4-6(7)9-8(10)11;2*1-2-4-8-7(3-1)5-6-9-8;1-2-8-6-4-3-5-7-8;1-2-4-7-6(3-1)8-5-9-7;1-4-6-5(8-7-4)2-3-9-6;1-6-4-2-3-5-7-6;1-5-4-6-2-3-7-5;1-2-5-4-6-3-1;1-2-4-5-3-1;1-3-2;16*1-2/h1-8H;1-7H;2-5H,1H3,(H,9,11);1-6,9H;1-6H;3-7H,2H2,1H3;1-4H,5H2;2-3H,1H3;2-5H,1H3;2-4H,1H3;1-4H;1-4H;3H2,1-2H3;16*1-2H3. The number of hydrogen-bond donors (Lipinski definition) is 2. The summed E-state index contributed by atoms with van der Waals surface area (Å²) in [6.07, 6.45) is 21.1. The third-order valence-corrected chi connectivity index (χ3v) is 15.9. The first-order valence-corrected chi connectivity index (χ1v) is 51.2. The second-order valence-electron chi connectivity index (χ2n) is 21.9. The van der Waals surface area contributed by atoms with Crippen molar-refractivity contribution in [1.29, 1.82) is 0 Å². The quantitative estimate of drug-likeness (QED) is 0.158. The number of ether oxygens (including phenoxy) is 2. The van der Waals surface area contributed by atoms with Crippen LogP contribution < -0.4 is 15.2 Å². The molecule has 0 fully saturated rings. The average Bonchev–Trinajstić information content (AvgIpc) is 1.68. The van der Waals surface area contributed by atoms with E-state index in [-0.39, 0.29) is 5.69 Å². The first-order chi connectivity index (χ1) is 66.6. The summed E-state index contributed by atoms with van der Waals surface area (Å²) in [5, 5.41) is 14.4. The van der Waals surface area contributed by atoms with Crippen LogP contribution >= 0.6 is 22.7 Å². The number of fused-ring (bicyclic) bond motifs is 7. The molecule has 0 amide bonds. The van der Waals surface area contributed by atoms with Gasteiger partial charge in [-0.2, -0.15) is 0 Å². The van der Waals surface area contributed by atoms with Crippen molar-refractivity contribution in [2.45, 2.75) is 276 Å². The number of benzene rings is 8. The van der Waals surface area contributed by atoms with Crippen LogP contribution in [-0.2, 0) is 13.5 Å². The van der Waals surface area contributed by atoms with Crippen LogP contribution in [0.4, 0.5) is 0 Å². The number of nitrogens with zero attached hydrogens (tertiary/aromatic N) is 8. The van der Waals surface area contributed by atoms with Gasteiger partial charge < -0.3 is 28.4 Å². The van der Waals surface area contributed by atoms with Crippen molar-refractivity contribution in [3.8, 4) is 11.5 Å². The smallest absolute Gasteiger partial charge is 0.326 e. The predicted octanol–water partition coefficient (Wildman–Crippen LogP) is 38.6. The molecular weight excluding hydrogens is 1700 g/mol. The molecule has 0 aliphatic carbocycles. The topological polar surface area (TPSA) is 189 Å². The van der Waals surface area contributed by atoms with Crippen LogP contribution in [0.2, 0.25) is 0 Å². The van der Waals surface area contributed by atoms with E-state index < -0.39 is 0 Å². The maximum absolute atomic E-state index is 11.0. The molecule has 8 aromatic carbocycles. The highest BCUT2D eigenvalue weighted by molar-refractivity contribution is 7.17. The van der Waals surface area contributed by atoms with E-state index in [1.54, 1.807) is 90.1 Å². The normalized spacial score (nSPS) is 8.29. The lowest BCUT2D eigenvalue weighted by atomic mass is 10.1. The Hall–Kier alpha value is -12.4. The van der Waals surface area contributed by atoms with E-state index in [2.05, 4.69) is 209 Å². The second kappa shape index (κ2) is 118. The van der Waals surface area contributed by atoms with Crippen molar-refractivity contribution in [3.63, 3.8) is 0 Å². The first kappa shape index (κ1) is 143. The molecule has 19 rings (SSSR count). The minimum atomic E-state index is -0.0637. The van der Waals surface area contributed by atoms with Gasteiger partial charge in [0.25, 0.3) is 0 Å². The van der Waals surface area contributed by atoms with E-state index in [1.165, 1.54) is 55.5 Å². The fourth-order valence-electron chi connectivity index (χ4n) is 8.88. The Labute approximate surface area is 829 Å². The zero-order valence-corrected chi connectivity index (χ0v) is 92.6. The van der Waals surface area contributed by atoms with Gasteiger partial charge in [0.1, 0.15) is 6.33 Å². The SMILES string of the molecule is CC.CC.CC.CC.CC.CC.CC.CC.CC.CC.CC.CC.CC.CC.CC.CC.CCC.CCc1ccccc1.Cc1ccccn1.Cc1cnccn1.Cc1noc2ccsc12.Cn1c(=O)[nH]c2ccccc21.c1ccc2[nH]ccc2c1.c1ccc2c(c1)OCO2.c1ccc2ccccc2c1.c1ccc2ncccc2c1.c1ccc2sccc2c1.c1ccoc1.c1cncnc1. The van der Waals surface area contributed by atoms with Crippen molar-refractivity contribution in [2.24, 2.45) is 7.05 Å². The van der Waals surface area contributed by atoms with Gasteiger partial charge in [-0.05, 0) is 162 Å². The Morgan fingerprint density at radius 2 is 0.793 bits per heavy atom. The molecule has 18 aromatic rings. The monoisotopic (exact) mass is 1880 g/mol. The van der Waals surface area contributed by atoms with E-state index in [1.807, 2.05) is 387 Å². The predicted molar refractivity (Wildman–Crippen MR) is 608 cm³/mol. The molecule has 1 aliphatic rings. The van der Waals surface area contributed by atoms with Crippen LogP contribution in [0.1, 0.15) is 271 Å². The number of nitrogens with one attached hydrogen (secondary N) is 2. The number of furan rings is 1. The molecule has 17 heteroatoms. The summed E-state index contributed by atoms with van der Waals surface area (Å²) in [5.41, 5.74) is 9.36. The lowest BCUT2D eigenvalue weighted by Gasteiger charge is -1.92. The highest BCUT2D eigenvalue weighted by Crippen LogP contribution is 2.30. The molecule has 0 spiro atoms. The molecular formula is C118H182N10O5S2. The molecule has 15 nitrogen and oxygen atoms in total. The highest BCUT2D eigenvalue weighted by atomic mass is 32.1. The van der Waals surface area contributed by atoms with Gasteiger partial charge in [0.15, 0.2) is 17.1 Å². The van der Waals surface area contributed by atoms with Gasteiger partial charge >= 0.3 is 5.69 Å². The number of H-pyrrole nitrogens is 2. The van der Waals surface area contributed by atoms with Crippen molar-refractivity contribution < 1.29 is 18.4 Å². The van der Waals surface area contributed by atoms with Crippen molar-refractivity contribution >= 4 is 86.7 Å². The Bertz CT molecular complexity index is 4760. The Balaban J connectivity index is -0.000000154. The largest absolute Gasteiger partial charge is 0.473 e. The molecule has 0 unspecified atom stereocenters. The summed E-state index contributed by atoms with van der Waals surface area (Å²) >= 11 is 3.45. The van der Waals surface area contributed by atoms with Crippen LogP contribution in [0.5, 0.6) is 11.5 Å². The minimum Gasteiger partial charge on any atom is -0.473 e. The lowest BCUT2D eigenvalue weighted by Crippen LogP contribution is -2.11. The van der Waals surface area contributed by atoms with Gasteiger partial charge in [0, 0.05) is 77.9 Å². The fourth-order valence-corrected chi connectivity index (χ4v) is 10.4. The molecule has 10 aromatic heterocycles. The van der Waals surface area contributed by atoms with E-state index in [0.29, 0.717) is 6.79 Å². The molecule has 0 bridgehead atoms. The number of aromatic nitrogens is 10. The summed E-state index contributed by atoms with van der Waals surface area (Å²) < 4.78 is 23.8. The molecule has 0 saturated carbocycles. The van der Waals surface area contributed by atoms with E-state index in [9.17, 15) is 4.79 Å². The minimum absolute atomic E-state index is 0.0637. The van der Waals surface area contributed by atoms with Crippen LogP contribution in [0.3, 0.4) is 0 Å². The summed E-state index contributed by atoms with van der Waals surface area (Å²) in [7, 11) is 1.75. The molecule has 1 aliphatic heterocycles.